The van der Waals surface area contributed by atoms with Gasteiger partial charge in [-0.3, -0.25) is 0 Å². The Morgan fingerprint density at radius 3 is 2.54 bits per heavy atom. The molecule has 1 saturated carbocycles. The number of rotatable bonds is 1. The number of hydrogen-bond donors (Lipinski definition) is 0. The molecule has 0 saturated heterocycles. The summed E-state index contributed by atoms with van der Waals surface area (Å²) in [5, 5.41) is -0.949. The maximum absolute atomic E-state index is 10.8. The first-order valence-electron chi connectivity index (χ1n) is 4.16. The van der Waals surface area contributed by atoms with Crippen molar-refractivity contribution in [3.8, 4) is 0 Å². The van der Waals surface area contributed by atoms with Crippen LogP contribution in [0.4, 0.5) is 4.79 Å². The summed E-state index contributed by atoms with van der Waals surface area (Å²) in [6.45, 7) is 0. The van der Waals surface area contributed by atoms with Crippen LogP contribution < -0.4 is 0 Å². The van der Waals surface area contributed by atoms with Crippen molar-refractivity contribution in [2.45, 2.75) is 37.2 Å². The minimum Gasteiger partial charge on any atom is -0.425 e. The van der Waals surface area contributed by atoms with E-state index < -0.39 is 11.2 Å². The first-order chi connectivity index (χ1) is 6.16. The Hall–Kier alpha value is -0.860. The Morgan fingerprint density at radius 1 is 1.38 bits per heavy atom. The summed E-state index contributed by atoms with van der Waals surface area (Å²) in [4.78, 5) is 23.3. The van der Waals surface area contributed by atoms with Crippen molar-refractivity contribution in [3.05, 3.63) is 0 Å². The van der Waals surface area contributed by atoms with Crippen LogP contribution in [0.3, 0.4) is 0 Å². The molecule has 0 aliphatic heterocycles. The van der Waals surface area contributed by atoms with Gasteiger partial charge in [-0.15, -0.1) is 0 Å². The molecule has 1 aliphatic rings. The van der Waals surface area contributed by atoms with Crippen molar-refractivity contribution in [1.29, 1.82) is 0 Å². The van der Waals surface area contributed by atoms with E-state index in [-0.39, 0.29) is 0 Å². The number of carbonyl (C=O) groups is 1. The van der Waals surface area contributed by atoms with Gasteiger partial charge in [0.05, 0.1) is 0 Å². The number of nitrogens with zero attached hydrogens (tertiary/aromatic N) is 1. The van der Waals surface area contributed by atoms with Crippen molar-refractivity contribution in [3.63, 3.8) is 0 Å². The molecule has 1 fully saturated rings. The third kappa shape index (κ3) is 3.17. The molecule has 0 atom stereocenters. The van der Waals surface area contributed by atoms with E-state index in [4.69, 9.17) is 16.3 Å². The van der Waals surface area contributed by atoms with E-state index in [0.29, 0.717) is 12.8 Å². The van der Waals surface area contributed by atoms with E-state index in [1.54, 1.807) is 0 Å². The van der Waals surface area contributed by atoms with Crippen molar-refractivity contribution < 1.29 is 14.3 Å². The fourth-order valence-electron chi connectivity index (χ4n) is 1.40. The number of hydrogen-bond acceptors (Lipinski definition) is 3. The van der Waals surface area contributed by atoms with E-state index >= 15 is 0 Å². The van der Waals surface area contributed by atoms with Gasteiger partial charge in [0, 0.05) is 12.8 Å². The van der Waals surface area contributed by atoms with Crippen molar-refractivity contribution >= 4 is 23.8 Å². The average molecular weight is 204 g/mol. The van der Waals surface area contributed by atoms with Gasteiger partial charge in [0.1, 0.15) is 0 Å². The molecule has 0 spiro atoms. The zero-order valence-corrected chi connectivity index (χ0v) is 7.84. The van der Waals surface area contributed by atoms with Gasteiger partial charge >= 0.3 is 6.09 Å². The molecule has 0 bridgehead atoms. The highest BCUT2D eigenvalue weighted by Crippen LogP contribution is 2.35. The normalized spacial score (nSPS) is 20.1. The van der Waals surface area contributed by atoms with Crippen molar-refractivity contribution in [2.75, 3.05) is 0 Å². The monoisotopic (exact) mass is 203 g/mol. The maximum Gasteiger partial charge on any atom is 0.446 e. The lowest BCUT2D eigenvalue weighted by molar-refractivity contribution is 0.0528. The van der Waals surface area contributed by atoms with Crippen LogP contribution in [0.1, 0.15) is 32.1 Å². The molecule has 0 aromatic rings. The Balaban J connectivity index is 2.49. The SMILES string of the molecule is O=C=NC(=O)OC1(Cl)CCCCC1. The lowest BCUT2D eigenvalue weighted by Gasteiger charge is -2.29. The third-order valence-corrected chi connectivity index (χ3v) is 2.46. The fourth-order valence-corrected chi connectivity index (χ4v) is 1.73. The number of carbonyl (C=O) groups excluding carboxylic acids is 2. The summed E-state index contributed by atoms with van der Waals surface area (Å²) < 4.78 is 4.82. The van der Waals surface area contributed by atoms with Gasteiger partial charge in [0.2, 0.25) is 6.08 Å². The van der Waals surface area contributed by atoms with E-state index in [0.717, 1.165) is 25.3 Å². The number of isocyanates is 1. The standard InChI is InChI=1S/C8H10ClNO3/c9-8(4-2-1-3-5-8)13-7(12)10-6-11/h1-5H2. The Kier molecular flexibility index (Phi) is 3.46. The van der Waals surface area contributed by atoms with Crippen molar-refractivity contribution in [2.24, 2.45) is 4.99 Å². The number of ether oxygens (including phenoxy) is 1. The molecule has 5 heteroatoms. The smallest absolute Gasteiger partial charge is 0.425 e. The minimum atomic E-state index is -0.952. The molecule has 0 aromatic heterocycles. The van der Waals surface area contributed by atoms with Crippen LogP contribution in [0, 0.1) is 0 Å². The molecule has 0 aromatic carbocycles. The number of amides is 1. The topological polar surface area (TPSA) is 55.7 Å². The number of halogens is 1. The van der Waals surface area contributed by atoms with Gasteiger partial charge < -0.3 is 4.74 Å². The lowest BCUT2D eigenvalue weighted by Crippen LogP contribution is -2.30. The van der Waals surface area contributed by atoms with Crippen LogP contribution in [-0.4, -0.2) is 17.2 Å². The van der Waals surface area contributed by atoms with Crippen LogP contribution in [-0.2, 0) is 9.53 Å². The Bertz CT molecular complexity index is 242. The van der Waals surface area contributed by atoms with E-state index in [2.05, 4.69) is 4.99 Å². The van der Waals surface area contributed by atoms with Crippen LogP contribution >= 0.6 is 11.6 Å². The molecule has 13 heavy (non-hydrogen) atoms. The zero-order chi connectivity index (χ0) is 9.73. The Labute approximate surface area is 80.9 Å². The second-order valence-corrected chi connectivity index (χ2v) is 3.70. The van der Waals surface area contributed by atoms with Gasteiger partial charge in [-0.25, -0.2) is 9.59 Å². The molecular formula is C8H10ClNO3. The fraction of sp³-hybridized carbons (Fsp3) is 0.750. The molecule has 0 radical (unpaired) electrons. The van der Waals surface area contributed by atoms with Gasteiger partial charge in [-0.2, -0.15) is 0 Å². The van der Waals surface area contributed by atoms with E-state index in [1.807, 2.05) is 0 Å². The molecule has 72 valence electrons. The number of aliphatic imine (C=N–C) groups is 1. The first-order valence-corrected chi connectivity index (χ1v) is 4.54. The molecule has 0 N–H and O–H groups in total. The second kappa shape index (κ2) is 4.40. The highest BCUT2D eigenvalue weighted by atomic mass is 35.5. The molecule has 1 rings (SSSR count). The summed E-state index contributed by atoms with van der Waals surface area (Å²) in [6.07, 6.45) is 4.37. The molecule has 1 aliphatic carbocycles. The summed E-state index contributed by atoms with van der Waals surface area (Å²) in [7, 11) is 0. The van der Waals surface area contributed by atoms with Crippen molar-refractivity contribution in [1.82, 2.24) is 0 Å². The quantitative estimate of drug-likeness (QED) is 0.374. The molecule has 4 nitrogen and oxygen atoms in total. The largest absolute Gasteiger partial charge is 0.446 e. The lowest BCUT2D eigenvalue weighted by atomic mass is 9.97. The van der Waals surface area contributed by atoms with Gasteiger partial charge in [0.15, 0.2) is 5.06 Å². The van der Waals surface area contributed by atoms with Crippen LogP contribution in [0.5, 0.6) is 0 Å². The molecular weight excluding hydrogens is 194 g/mol. The highest BCUT2D eigenvalue weighted by Gasteiger charge is 2.33. The predicted octanol–water partition coefficient (Wildman–Crippen LogP) is 2.36. The average Bonchev–Trinajstić information content (AvgIpc) is 2.04. The highest BCUT2D eigenvalue weighted by molar-refractivity contribution is 6.23. The molecule has 0 unspecified atom stereocenters. The summed E-state index contributed by atoms with van der Waals surface area (Å²) >= 11 is 5.97. The third-order valence-electron chi connectivity index (χ3n) is 2.01. The van der Waals surface area contributed by atoms with Crippen LogP contribution in [0.2, 0.25) is 0 Å². The van der Waals surface area contributed by atoms with E-state index in [9.17, 15) is 9.59 Å². The van der Waals surface area contributed by atoms with Crippen LogP contribution in [0.15, 0.2) is 4.99 Å². The van der Waals surface area contributed by atoms with Gasteiger partial charge in [-0.05, 0) is 12.8 Å². The molecule has 1 amide bonds. The number of alkyl halides is 1. The van der Waals surface area contributed by atoms with E-state index in [1.165, 1.54) is 0 Å². The summed E-state index contributed by atoms with van der Waals surface area (Å²) in [5.41, 5.74) is 0. The summed E-state index contributed by atoms with van der Waals surface area (Å²) in [6, 6.07) is 0. The second-order valence-electron chi connectivity index (χ2n) is 3.01. The molecule has 0 heterocycles. The predicted molar refractivity (Wildman–Crippen MR) is 46.3 cm³/mol. The summed E-state index contributed by atoms with van der Waals surface area (Å²) in [5.74, 6) is 0. The minimum absolute atomic E-state index is 0.620. The van der Waals surface area contributed by atoms with Gasteiger partial charge in [-0.1, -0.05) is 23.0 Å². The first kappa shape index (κ1) is 10.2. The zero-order valence-electron chi connectivity index (χ0n) is 7.09. The van der Waals surface area contributed by atoms with Crippen LogP contribution in [0.25, 0.3) is 0 Å². The Morgan fingerprint density at radius 2 is 2.00 bits per heavy atom. The van der Waals surface area contributed by atoms with Gasteiger partial charge in [0.25, 0.3) is 0 Å². The maximum atomic E-state index is 10.8.